The Labute approximate surface area is 215 Å². The van der Waals surface area contributed by atoms with Gasteiger partial charge < -0.3 is 14.8 Å². The maximum Gasteiger partial charge on any atom is 0.338 e. The monoisotopic (exact) mass is 483 g/mol. The van der Waals surface area contributed by atoms with Crippen molar-refractivity contribution in [1.82, 2.24) is 5.32 Å². The van der Waals surface area contributed by atoms with E-state index < -0.39 is 0 Å². The second-order valence-corrected chi connectivity index (χ2v) is 9.45. The molecule has 188 valence electrons. The molecule has 0 saturated carbocycles. The van der Waals surface area contributed by atoms with E-state index >= 15 is 0 Å². The van der Waals surface area contributed by atoms with Crippen molar-refractivity contribution in [2.24, 2.45) is 0 Å². The predicted molar refractivity (Wildman–Crippen MR) is 150 cm³/mol. The smallest absolute Gasteiger partial charge is 0.338 e. The molecule has 4 aromatic carbocycles. The summed E-state index contributed by atoms with van der Waals surface area (Å²) in [4.78, 5) is 12.3. The lowest BCUT2D eigenvalue weighted by molar-refractivity contribution is 0.0378. The SMILES string of the molecule is CCC(N[C@H](C)c1cccc(OC)c1)c1cc(-c2ccc(C(=O)OC(C)C)cc2)c2ccccc2c1.[HH]. The zero-order valence-electron chi connectivity index (χ0n) is 21.7. The van der Waals surface area contributed by atoms with Crippen molar-refractivity contribution in [3.63, 3.8) is 0 Å². The average molecular weight is 484 g/mol. The molecule has 0 heterocycles. The molecule has 0 saturated heterocycles. The van der Waals surface area contributed by atoms with Crippen LogP contribution >= 0.6 is 0 Å². The van der Waals surface area contributed by atoms with Gasteiger partial charge in [0.15, 0.2) is 0 Å². The lowest BCUT2D eigenvalue weighted by Gasteiger charge is -2.24. The summed E-state index contributed by atoms with van der Waals surface area (Å²) >= 11 is 0. The van der Waals surface area contributed by atoms with E-state index in [0.717, 1.165) is 23.3 Å². The fraction of sp³-hybridized carbons (Fsp3) is 0.281. The molecule has 0 bridgehead atoms. The first-order chi connectivity index (χ1) is 17.4. The first-order valence-corrected chi connectivity index (χ1v) is 12.6. The fourth-order valence-corrected chi connectivity index (χ4v) is 4.60. The van der Waals surface area contributed by atoms with Crippen LogP contribution in [-0.4, -0.2) is 19.2 Å². The summed E-state index contributed by atoms with van der Waals surface area (Å²) in [6.07, 6.45) is 0.808. The third-order valence-electron chi connectivity index (χ3n) is 6.51. The Bertz CT molecular complexity index is 1330. The Morgan fingerprint density at radius 2 is 1.64 bits per heavy atom. The van der Waals surface area contributed by atoms with Crippen LogP contribution in [0.25, 0.3) is 21.9 Å². The summed E-state index contributed by atoms with van der Waals surface area (Å²) in [5.74, 6) is 0.569. The summed E-state index contributed by atoms with van der Waals surface area (Å²) in [5.41, 5.74) is 5.22. The Balaban J connectivity index is 0.00000380. The average Bonchev–Trinajstić information content (AvgIpc) is 2.90. The van der Waals surface area contributed by atoms with Crippen molar-refractivity contribution < 1.29 is 15.7 Å². The summed E-state index contributed by atoms with van der Waals surface area (Å²) in [5, 5.41) is 6.21. The predicted octanol–water partition coefficient (Wildman–Crippen LogP) is 8.13. The van der Waals surface area contributed by atoms with Crippen molar-refractivity contribution in [2.75, 3.05) is 7.11 Å². The van der Waals surface area contributed by atoms with E-state index in [9.17, 15) is 4.79 Å². The molecule has 4 aromatic rings. The molecule has 2 atom stereocenters. The number of nitrogens with one attached hydrogen (secondary N) is 1. The van der Waals surface area contributed by atoms with Crippen LogP contribution in [-0.2, 0) is 4.74 Å². The molecule has 0 radical (unpaired) electrons. The molecule has 1 N–H and O–H groups in total. The van der Waals surface area contributed by atoms with Crippen molar-refractivity contribution in [2.45, 2.75) is 52.3 Å². The zero-order chi connectivity index (χ0) is 25.7. The lowest BCUT2D eigenvalue weighted by atomic mass is 9.91. The number of ether oxygens (including phenoxy) is 2. The fourth-order valence-electron chi connectivity index (χ4n) is 4.60. The minimum Gasteiger partial charge on any atom is -0.497 e. The van der Waals surface area contributed by atoms with Crippen molar-refractivity contribution in [1.29, 1.82) is 0 Å². The van der Waals surface area contributed by atoms with Gasteiger partial charge in [0.2, 0.25) is 0 Å². The first-order valence-electron chi connectivity index (χ1n) is 12.6. The highest BCUT2D eigenvalue weighted by Gasteiger charge is 2.17. The molecule has 0 amide bonds. The number of methoxy groups -OCH3 is 1. The van der Waals surface area contributed by atoms with Crippen LogP contribution in [0.5, 0.6) is 5.75 Å². The topological polar surface area (TPSA) is 47.6 Å². The lowest BCUT2D eigenvalue weighted by Crippen LogP contribution is -2.24. The highest BCUT2D eigenvalue weighted by Crippen LogP contribution is 2.34. The zero-order valence-corrected chi connectivity index (χ0v) is 21.7. The minimum absolute atomic E-state index is 0. The van der Waals surface area contributed by atoms with E-state index in [4.69, 9.17) is 9.47 Å². The molecule has 0 aliphatic rings. The van der Waals surface area contributed by atoms with Crippen molar-refractivity contribution in [3.8, 4) is 16.9 Å². The van der Waals surface area contributed by atoms with Gasteiger partial charge >= 0.3 is 5.97 Å². The number of rotatable bonds is 9. The quantitative estimate of drug-likeness (QED) is 0.244. The van der Waals surface area contributed by atoms with Crippen LogP contribution < -0.4 is 10.1 Å². The molecule has 0 fully saturated rings. The molecule has 0 aliphatic carbocycles. The molecule has 1 unspecified atom stereocenters. The van der Waals surface area contributed by atoms with Crippen molar-refractivity contribution in [3.05, 3.63) is 102 Å². The second-order valence-electron chi connectivity index (χ2n) is 9.45. The normalized spacial score (nSPS) is 12.9. The summed E-state index contributed by atoms with van der Waals surface area (Å²) in [6.45, 7) is 8.11. The molecule has 4 rings (SSSR count). The van der Waals surface area contributed by atoms with Crippen LogP contribution in [0.15, 0.2) is 84.9 Å². The number of benzene rings is 4. The van der Waals surface area contributed by atoms with E-state index in [1.165, 1.54) is 21.9 Å². The molecule has 0 aromatic heterocycles. The third kappa shape index (κ3) is 5.77. The summed E-state index contributed by atoms with van der Waals surface area (Å²) in [7, 11) is 1.70. The summed E-state index contributed by atoms with van der Waals surface area (Å²) in [6, 6.07) is 29.3. The van der Waals surface area contributed by atoms with E-state index in [2.05, 4.69) is 67.7 Å². The number of carbonyl (C=O) groups excluding carboxylic acids is 1. The molecule has 0 aliphatic heterocycles. The summed E-state index contributed by atoms with van der Waals surface area (Å²) < 4.78 is 10.8. The van der Waals surface area contributed by atoms with Crippen LogP contribution in [0.1, 0.15) is 69.1 Å². The van der Waals surface area contributed by atoms with Crippen LogP contribution in [0.4, 0.5) is 0 Å². The Morgan fingerprint density at radius 1 is 0.889 bits per heavy atom. The molecule has 4 nitrogen and oxygen atoms in total. The van der Waals surface area contributed by atoms with Gasteiger partial charge in [-0.2, -0.15) is 0 Å². The highest BCUT2D eigenvalue weighted by atomic mass is 16.5. The minimum atomic E-state index is -0.295. The molecule has 0 spiro atoms. The second kappa shape index (κ2) is 11.4. The van der Waals surface area contributed by atoms with Gasteiger partial charge in [-0.3, -0.25) is 0 Å². The molecular formula is C32H37NO3. The Kier molecular flexibility index (Phi) is 8.07. The number of fused-ring (bicyclic) bond motifs is 1. The van der Waals surface area contributed by atoms with Crippen LogP contribution in [0.2, 0.25) is 0 Å². The van der Waals surface area contributed by atoms with Gasteiger partial charge in [0, 0.05) is 13.5 Å². The van der Waals surface area contributed by atoms with Gasteiger partial charge in [-0.05, 0) is 96.6 Å². The molecule has 36 heavy (non-hydrogen) atoms. The van der Waals surface area contributed by atoms with E-state index in [-0.39, 0.29) is 25.6 Å². The van der Waals surface area contributed by atoms with Crippen molar-refractivity contribution >= 4 is 16.7 Å². The number of hydrogen-bond donors (Lipinski definition) is 1. The van der Waals surface area contributed by atoms with Crippen LogP contribution in [0.3, 0.4) is 0 Å². The highest BCUT2D eigenvalue weighted by molar-refractivity contribution is 5.98. The van der Waals surface area contributed by atoms with Gasteiger partial charge in [0.1, 0.15) is 5.75 Å². The number of hydrogen-bond acceptors (Lipinski definition) is 4. The largest absolute Gasteiger partial charge is 0.497 e. The maximum atomic E-state index is 12.3. The van der Waals surface area contributed by atoms with Gasteiger partial charge in [-0.25, -0.2) is 4.79 Å². The van der Waals surface area contributed by atoms with E-state index in [1.807, 2.05) is 50.2 Å². The molecular weight excluding hydrogens is 446 g/mol. The van der Waals surface area contributed by atoms with Gasteiger partial charge in [-0.1, -0.05) is 55.5 Å². The molecule has 4 heteroatoms. The third-order valence-corrected chi connectivity index (χ3v) is 6.51. The number of esters is 1. The maximum absolute atomic E-state index is 12.3. The van der Waals surface area contributed by atoms with E-state index in [1.54, 1.807) is 7.11 Å². The number of carbonyl (C=O) groups is 1. The first kappa shape index (κ1) is 25.5. The van der Waals surface area contributed by atoms with E-state index in [0.29, 0.717) is 5.56 Å². The van der Waals surface area contributed by atoms with Crippen LogP contribution in [0, 0.1) is 0 Å². The Hall–Kier alpha value is -3.63. The van der Waals surface area contributed by atoms with Gasteiger partial charge in [-0.15, -0.1) is 0 Å². The van der Waals surface area contributed by atoms with Gasteiger partial charge in [0.25, 0.3) is 0 Å². The van der Waals surface area contributed by atoms with Gasteiger partial charge in [0.05, 0.1) is 18.8 Å². The Morgan fingerprint density at radius 3 is 2.33 bits per heavy atom. The standard InChI is InChI=1S/C32H35NO3.H2/c1-6-31(33-22(4)25-11-9-12-28(19-25)35-5)27-18-26-10-7-8-13-29(26)30(20-27)23-14-16-24(17-15-23)32(34)36-21(2)3;/h7-22,31,33H,6H2,1-5H3;1H/t22-,31?;/m1./s1.